The maximum atomic E-state index is 15.4. The number of nitrogen functional groups attached to an aromatic ring is 1. The smallest absolute Gasteiger partial charge is 0.399 e. The van der Waals surface area contributed by atoms with Gasteiger partial charge in [-0.25, -0.2) is 4.39 Å². The van der Waals surface area contributed by atoms with Crippen molar-refractivity contribution in [3.63, 3.8) is 0 Å². The number of nitrogens with zero attached hydrogens (tertiary/aromatic N) is 4. The molecule has 34 heavy (non-hydrogen) atoms. The molecule has 1 aromatic carbocycles. The van der Waals surface area contributed by atoms with E-state index in [9.17, 15) is 4.79 Å². The second kappa shape index (κ2) is 8.96. The number of amides is 1. The molecule has 4 rings (SSSR count). The summed E-state index contributed by atoms with van der Waals surface area (Å²) in [5.41, 5.74) is 6.50. The van der Waals surface area contributed by atoms with Crippen LogP contribution in [0.2, 0.25) is 0 Å². The van der Waals surface area contributed by atoms with Crippen molar-refractivity contribution in [3.05, 3.63) is 41.5 Å². The number of carbonyl (C=O) groups excluding carboxylic acids is 1. The van der Waals surface area contributed by atoms with E-state index in [0.717, 1.165) is 6.21 Å². The lowest BCUT2D eigenvalue weighted by atomic mass is 9.74. The summed E-state index contributed by atoms with van der Waals surface area (Å²) < 4.78 is 29.3. The molecule has 0 aliphatic carbocycles. The predicted octanol–water partition coefficient (Wildman–Crippen LogP) is 2.25. The Morgan fingerprint density at radius 2 is 2.06 bits per heavy atom. The summed E-state index contributed by atoms with van der Waals surface area (Å²) in [4.78, 5) is 14.5. The summed E-state index contributed by atoms with van der Waals surface area (Å²) in [6.45, 7) is 8.96. The van der Waals surface area contributed by atoms with Crippen molar-refractivity contribution in [2.45, 2.75) is 58.3 Å². The number of hydrogen-bond donors (Lipinski definition) is 2. The van der Waals surface area contributed by atoms with E-state index in [1.807, 2.05) is 33.8 Å². The highest BCUT2D eigenvalue weighted by molar-refractivity contribution is 6.63. The Morgan fingerprint density at radius 3 is 2.68 bits per heavy atom. The molecule has 2 aliphatic rings. The Morgan fingerprint density at radius 1 is 1.35 bits per heavy atom. The van der Waals surface area contributed by atoms with Gasteiger partial charge in [-0.3, -0.25) is 9.48 Å². The molecular weight excluding hydrogens is 438 g/mol. The SMILES string of the molecule is CC1(C)OB(c2cc(C3=CCCN(C(=O)CCn4ccnn4)C3)c(F)c(N)c2C=N)OC1(C)C.[HH]. The van der Waals surface area contributed by atoms with Crippen molar-refractivity contribution >= 4 is 36.0 Å². The Balaban J connectivity index is 0.00000342. The van der Waals surface area contributed by atoms with Gasteiger partial charge in [0.1, 0.15) is 0 Å². The van der Waals surface area contributed by atoms with Gasteiger partial charge in [0.25, 0.3) is 0 Å². The fourth-order valence-corrected chi connectivity index (χ4v) is 4.15. The lowest BCUT2D eigenvalue weighted by Crippen LogP contribution is -2.41. The molecule has 1 fully saturated rings. The van der Waals surface area contributed by atoms with E-state index < -0.39 is 24.1 Å². The summed E-state index contributed by atoms with van der Waals surface area (Å²) in [6.07, 6.45) is 7.09. The Kier molecular flexibility index (Phi) is 6.35. The highest BCUT2D eigenvalue weighted by Crippen LogP contribution is 2.37. The molecule has 182 valence electrons. The Hall–Kier alpha value is -3.05. The molecule has 0 radical (unpaired) electrons. The van der Waals surface area contributed by atoms with Gasteiger partial charge in [-0.15, -0.1) is 5.10 Å². The quantitative estimate of drug-likeness (QED) is 0.380. The van der Waals surface area contributed by atoms with Crippen LogP contribution in [0.1, 0.15) is 53.1 Å². The van der Waals surface area contributed by atoms with Crippen LogP contribution in [0, 0.1) is 11.2 Å². The zero-order valence-corrected chi connectivity index (χ0v) is 20.0. The second-order valence-corrected chi connectivity index (χ2v) is 9.64. The fourth-order valence-electron chi connectivity index (χ4n) is 4.15. The third kappa shape index (κ3) is 4.37. The lowest BCUT2D eigenvalue weighted by Gasteiger charge is -2.32. The van der Waals surface area contributed by atoms with E-state index >= 15 is 4.39 Å². The summed E-state index contributed by atoms with van der Waals surface area (Å²) in [5.74, 6) is -0.654. The molecule has 2 aliphatic heterocycles. The van der Waals surface area contributed by atoms with Gasteiger partial charge in [0.2, 0.25) is 5.91 Å². The summed E-state index contributed by atoms with van der Waals surface area (Å²) in [7, 11) is -0.798. The molecule has 0 spiro atoms. The van der Waals surface area contributed by atoms with Crippen LogP contribution in [-0.4, -0.2) is 63.4 Å². The maximum absolute atomic E-state index is 15.4. The third-order valence-corrected chi connectivity index (χ3v) is 6.90. The molecule has 0 bridgehead atoms. The molecule has 0 unspecified atom stereocenters. The van der Waals surface area contributed by atoms with E-state index in [1.165, 1.54) is 0 Å². The lowest BCUT2D eigenvalue weighted by molar-refractivity contribution is -0.131. The number of anilines is 1. The molecule has 2 aromatic rings. The maximum Gasteiger partial charge on any atom is 0.495 e. The summed E-state index contributed by atoms with van der Waals surface area (Å²) in [6, 6.07) is 1.64. The van der Waals surface area contributed by atoms with Crippen LogP contribution < -0.4 is 11.2 Å². The van der Waals surface area contributed by atoms with Crippen LogP contribution in [0.3, 0.4) is 0 Å². The molecule has 11 heteroatoms. The number of benzene rings is 1. The van der Waals surface area contributed by atoms with Crippen LogP contribution in [0.15, 0.2) is 24.5 Å². The van der Waals surface area contributed by atoms with E-state index in [0.29, 0.717) is 36.1 Å². The number of nitrogens with two attached hydrogens (primary N) is 1. The molecule has 1 aromatic heterocycles. The van der Waals surface area contributed by atoms with Crippen LogP contribution in [0.4, 0.5) is 10.1 Å². The first-order valence-electron chi connectivity index (χ1n) is 11.3. The molecule has 1 amide bonds. The average Bonchev–Trinajstić information content (AvgIpc) is 3.39. The summed E-state index contributed by atoms with van der Waals surface area (Å²) in [5, 5.41) is 15.5. The molecule has 3 N–H and O–H groups in total. The minimum Gasteiger partial charge on any atom is -0.399 e. The number of nitrogens with one attached hydrogen (secondary N) is 1. The van der Waals surface area contributed by atoms with E-state index in [4.69, 9.17) is 20.5 Å². The van der Waals surface area contributed by atoms with Gasteiger partial charge in [-0.1, -0.05) is 17.4 Å². The minimum atomic E-state index is -0.798. The standard InChI is InChI=1S/C23H30BFN6O3.H2/c1-22(2)23(3,4)34-24(33-22)18-12-16(20(25)21(27)17(18)13-26)15-6-5-9-30(14-15)19(32)7-10-31-11-8-28-29-31;/h6,8,11-13,26H,5,7,9-10,14,27H2,1-4H3;1H. The molecular formula is C23H32BFN6O3. The number of carbonyl (C=O) groups is 1. The van der Waals surface area contributed by atoms with Crippen molar-refractivity contribution in [2.75, 3.05) is 18.8 Å². The van der Waals surface area contributed by atoms with Gasteiger partial charge < -0.3 is 25.4 Å². The zero-order chi connectivity index (χ0) is 24.7. The molecule has 0 atom stereocenters. The second-order valence-electron chi connectivity index (χ2n) is 9.64. The number of aromatic nitrogens is 3. The van der Waals surface area contributed by atoms with Crippen molar-refractivity contribution in [3.8, 4) is 0 Å². The molecule has 3 heterocycles. The van der Waals surface area contributed by atoms with Crippen LogP contribution in [-0.2, 0) is 20.6 Å². The number of hydrogen-bond acceptors (Lipinski definition) is 7. The minimum absolute atomic E-state index is 0. The van der Waals surface area contributed by atoms with Gasteiger partial charge in [-0.05, 0) is 45.2 Å². The number of halogens is 1. The average molecular weight is 470 g/mol. The topological polar surface area (TPSA) is 119 Å². The first kappa shape index (κ1) is 24.1. The molecule has 0 saturated carbocycles. The van der Waals surface area contributed by atoms with Crippen LogP contribution in [0.25, 0.3) is 5.57 Å². The van der Waals surface area contributed by atoms with Crippen molar-refractivity contribution in [2.24, 2.45) is 0 Å². The van der Waals surface area contributed by atoms with Crippen molar-refractivity contribution in [1.29, 1.82) is 5.41 Å². The van der Waals surface area contributed by atoms with Crippen LogP contribution >= 0.6 is 0 Å². The molecule has 9 nitrogen and oxygen atoms in total. The Labute approximate surface area is 200 Å². The van der Waals surface area contributed by atoms with Gasteiger partial charge >= 0.3 is 7.12 Å². The zero-order valence-electron chi connectivity index (χ0n) is 20.0. The predicted molar refractivity (Wildman–Crippen MR) is 130 cm³/mol. The number of aryl methyl sites for hydroxylation is 1. The fraction of sp³-hybridized carbons (Fsp3) is 0.478. The van der Waals surface area contributed by atoms with E-state index in [2.05, 4.69) is 10.3 Å². The summed E-state index contributed by atoms with van der Waals surface area (Å²) >= 11 is 0. The highest BCUT2D eigenvalue weighted by atomic mass is 19.1. The van der Waals surface area contributed by atoms with Crippen molar-refractivity contribution < 1.29 is 19.9 Å². The number of rotatable bonds is 6. The van der Waals surface area contributed by atoms with Gasteiger partial charge in [0.15, 0.2) is 5.82 Å². The van der Waals surface area contributed by atoms with Gasteiger partial charge in [-0.2, -0.15) is 0 Å². The largest absolute Gasteiger partial charge is 0.495 e. The van der Waals surface area contributed by atoms with Crippen molar-refractivity contribution in [1.82, 2.24) is 19.9 Å². The first-order valence-corrected chi connectivity index (χ1v) is 11.3. The highest BCUT2D eigenvalue weighted by Gasteiger charge is 2.52. The normalized spacial score (nSPS) is 19.3. The Bertz CT molecular complexity index is 1120. The first-order chi connectivity index (χ1) is 16.0. The van der Waals surface area contributed by atoms with E-state index in [-0.39, 0.29) is 31.6 Å². The van der Waals surface area contributed by atoms with Gasteiger partial charge in [0, 0.05) is 44.5 Å². The third-order valence-electron chi connectivity index (χ3n) is 6.90. The van der Waals surface area contributed by atoms with E-state index in [1.54, 1.807) is 28.0 Å². The van der Waals surface area contributed by atoms with Gasteiger partial charge in [0.05, 0.1) is 29.6 Å². The molecule has 1 saturated heterocycles. The van der Waals surface area contributed by atoms with Crippen LogP contribution in [0.5, 0.6) is 0 Å². The monoisotopic (exact) mass is 470 g/mol.